The largest absolute Gasteiger partial charge is 0.376 e. The van der Waals surface area contributed by atoms with E-state index in [0.717, 1.165) is 44.6 Å². The lowest BCUT2D eigenvalue weighted by atomic mass is 10.00. The molecule has 3 fully saturated rings. The smallest absolute Gasteiger partial charge is 0.281 e. The van der Waals surface area contributed by atoms with Crippen molar-refractivity contribution < 1.29 is 18.3 Å². The van der Waals surface area contributed by atoms with Gasteiger partial charge in [-0.2, -0.15) is 0 Å². The predicted molar refractivity (Wildman–Crippen MR) is 128 cm³/mol. The molecule has 4 aromatic rings. The standard InChI is InChI=1S/C25H23F2N7O2/c26-23(27)22-18-7-28-20(30-25(35)14-1-2-14)6-17(18)19(8-29-22)24-31-21-4-3-15(10-34(21)32-24)33-9-13-5-16(11-33)36-12-13/h3-4,6-8,10,13-14,16,23H,1-2,5,9,11-12H2,(H,28,30,35). The van der Waals surface area contributed by atoms with Crippen molar-refractivity contribution in [3.63, 3.8) is 0 Å². The van der Waals surface area contributed by atoms with Crippen molar-refractivity contribution in [3.05, 3.63) is 42.5 Å². The number of ether oxygens (including phenoxy) is 1. The number of pyridine rings is 3. The van der Waals surface area contributed by atoms with E-state index in [1.165, 1.54) is 12.4 Å². The number of amides is 1. The molecular formula is C25H23F2N7O2. The normalized spacial score (nSPS) is 21.6. The number of fused-ring (bicyclic) bond motifs is 4. The minimum absolute atomic E-state index is 0.00741. The maximum Gasteiger partial charge on any atom is 0.281 e. The van der Waals surface area contributed by atoms with Crippen LogP contribution in [-0.2, 0) is 9.53 Å². The highest BCUT2D eigenvalue weighted by Gasteiger charge is 2.34. The Bertz CT molecular complexity index is 1490. The summed E-state index contributed by atoms with van der Waals surface area (Å²) in [7, 11) is 0. The van der Waals surface area contributed by atoms with Crippen molar-refractivity contribution in [1.29, 1.82) is 0 Å². The monoisotopic (exact) mass is 491 g/mol. The molecule has 2 unspecified atom stereocenters. The summed E-state index contributed by atoms with van der Waals surface area (Å²) < 4.78 is 34.9. The van der Waals surface area contributed by atoms with Crippen LogP contribution in [0.5, 0.6) is 0 Å². The highest BCUT2D eigenvalue weighted by atomic mass is 19.3. The summed E-state index contributed by atoms with van der Waals surface area (Å²) in [5.41, 5.74) is 1.79. The van der Waals surface area contributed by atoms with E-state index in [1.54, 1.807) is 10.6 Å². The molecule has 1 amide bonds. The lowest BCUT2D eigenvalue weighted by molar-refractivity contribution is -0.117. The second kappa shape index (κ2) is 8.16. The Balaban J connectivity index is 1.28. The lowest BCUT2D eigenvalue weighted by Crippen LogP contribution is -2.39. The maximum absolute atomic E-state index is 13.7. The molecule has 7 rings (SSSR count). The number of alkyl halides is 2. The molecule has 9 nitrogen and oxygen atoms in total. The van der Waals surface area contributed by atoms with E-state index in [9.17, 15) is 13.6 Å². The Hall–Kier alpha value is -3.73. The van der Waals surface area contributed by atoms with E-state index >= 15 is 0 Å². The number of halogens is 2. The van der Waals surface area contributed by atoms with E-state index < -0.39 is 6.43 Å². The number of piperidine rings is 1. The van der Waals surface area contributed by atoms with Crippen LogP contribution in [0.2, 0.25) is 0 Å². The Morgan fingerprint density at radius 2 is 2.03 bits per heavy atom. The number of nitrogens with one attached hydrogen (secondary N) is 1. The molecule has 1 aliphatic carbocycles. The minimum atomic E-state index is -2.77. The Morgan fingerprint density at radius 3 is 2.83 bits per heavy atom. The maximum atomic E-state index is 13.7. The van der Waals surface area contributed by atoms with Crippen LogP contribution in [0.3, 0.4) is 0 Å². The van der Waals surface area contributed by atoms with E-state index in [1.807, 2.05) is 18.3 Å². The van der Waals surface area contributed by atoms with Crippen LogP contribution in [0.1, 0.15) is 31.4 Å². The van der Waals surface area contributed by atoms with Gasteiger partial charge < -0.3 is 15.0 Å². The number of carbonyl (C=O) groups is 1. The average molecular weight is 492 g/mol. The predicted octanol–water partition coefficient (Wildman–Crippen LogP) is 3.85. The average Bonchev–Trinajstić information content (AvgIpc) is 3.57. The third-order valence-corrected chi connectivity index (χ3v) is 7.20. The van der Waals surface area contributed by atoms with Gasteiger partial charge in [0.25, 0.3) is 6.43 Å². The molecule has 1 N–H and O–H groups in total. The molecule has 0 radical (unpaired) electrons. The molecular weight excluding hydrogens is 468 g/mol. The van der Waals surface area contributed by atoms with Crippen molar-refractivity contribution >= 4 is 33.8 Å². The van der Waals surface area contributed by atoms with Gasteiger partial charge in [0.05, 0.1) is 24.6 Å². The fourth-order valence-corrected chi connectivity index (χ4v) is 5.20. The Labute approximate surface area is 204 Å². The van der Waals surface area contributed by atoms with Crippen LogP contribution in [0.4, 0.5) is 20.3 Å². The summed E-state index contributed by atoms with van der Waals surface area (Å²) >= 11 is 0. The third-order valence-electron chi connectivity index (χ3n) is 7.20. The van der Waals surface area contributed by atoms with Crippen molar-refractivity contribution in [1.82, 2.24) is 24.6 Å². The van der Waals surface area contributed by atoms with Crippen LogP contribution in [0.15, 0.2) is 36.8 Å². The lowest BCUT2D eigenvalue weighted by Gasteiger charge is -2.31. The molecule has 2 bridgehead atoms. The number of carbonyl (C=O) groups excluding carboxylic acids is 1. The fraction of sp³-hybridized carbons (Fsp3) is 0.400. The number of hydrogen-bond donors (Lipinski definition) is 1. The molecule has 36 heavy (non-hydrogen) atoms. The van der Waals surface area contributed by atoms with Crippen LogP contribution >= 0.6 is 0 Å². The van der Waals surface area contributed by atoms with Gasteiger partial charge in [-0.25, -0.2) is 23.3 Å². The van der Waals surface area contributed by atoms with E-state index in [0.29, 0.717) is 34.2 Å². The first-order valence-electron chi connectivity index (χ1n) is 12.1. The zero-order chi connectivity index (χ0) is 24.4. The van der Waals surface area contributed by atoms with Gasteiger partial charge in [0.2, 0.25) is 5.91 Å². The third kappa shape index (κ3) is 3.74. The van der Waals surface area contributed by atoms with Gasteiger partial charge in [-0.3, -0.25) is 9.78 Å². The highest BCUT2D eigenvalue weighted by molar-refractivity contribution is 6.00. The topological polar surface area (TPSA) is 97.5 Å². The summed E-state index contributed by atoms with van der Waals surface area (Å²) in [6.45, 7) is 2.59. The van der Waals surface area contributed by atoms with Crippen LogP contribution in [-0.4, -0.2) is 56.3 Å². The molecule has 0 aromatic carbocycles. The zero-order valence-corrected chi connectivity index (χ0v) is 19.3. The quantitative estimate of drug-likeness (QED) is 0.453. The fourth-order valence-electron chi connectivity index (χ4n) is 5.20. The highest BCUT2D eigenvalue weighted by Crippen LogP contribution is 2.35. The number of aromatic nitrogens is 5. The van der Waals surface area contributed by atoms with Gasteiger partial charge in [0.15, 0.2) is 11.5 Å². The van der Waals surface area contributed by atoms with Gasteiger partial charge in [0, 0.05) is 53.7 Å². The molecule has 4 aromatic heterocycles. The summed E-state index contributed by atoms with van der Waals surface area (Å²) in [6.07, 6.45) is 4.94. The molecule has 11 heteroatoms. The molecule has 2 saturated heterocycles. The first-order chi connectivity index (χ1) is 17.5. The van der Waals surface area contributed by atoms with Gasteiger partial charge >= 0.3 is 0 Å². The number of hydrogen-bond acceptors (Lipinski definition) is 7. The zero-order valence-electron chi connectivity index (χ0n) is 19.3. The van der Waals surface area contributed by atoms with Crippen molar-refractivity contribution in [2.75, 3.05) is 29.9 Å². The van der Waals surface area contributed by atoms with Crippen molar-refractivity contribution in [3.8, 4) is 11.4 Å². The van der Waals surface area contributed by atoms with Gasteiger partial charge in [-0.15, -0.1) is 5.10 Å². The second-order valence-electron chi connectivity index (χ2n) is 9.82. The number of rotatable bonds is 5. The van der Waals surface area contributed by atoms with E-state index in [2.05, 4.69) is 30.3 Å². The molecule has 0 spiro atoms. The van der Waals surface area contributed by atoms with Gasteiger partial charge in [-0.05, 0) is 37.5 Å². The molecule has 184 valence electrons. The van der Waals surface area contributed by atoms with E-state index in [4.69, 9.17) is 4.74 Å². The summed E-state index contributed by atoms with van der Waals surface area (Å²) in [5.74, 6) is 1.09. The molecule has 6 heterocycles. The minimum Gasteiger partial charge on any atom is -0.376 e. The SMILES string of the molecule is O=C(Nc1cc2c(-c3nc4ccc(N5CC6COC(C6)C5)cn4n3)cnc(C(F)F)c2cn1)C1CC1. The second-order valence-corrected chi connectivity index (χ2v) is 9.82. The number of anilines is 2. The first kappa shape index (κ1) is 21.5. The molecule has 1 saturated carbocycles. The van der Waals surface area contributed by atoms with E-state index in [-0.39, 0.29) is 29.0 Å². The number of nitrogens with zero attached hydrogens (tertiary/aromatic N) is 6. The van der Waals surface area contributed by atoms with Crippen LogP contribution in [0, 0.1) is 11.8 Å². The Kier molecular flexibility index (Phi) is 4.88. The molecule has 2 aliphatic heterocycles. The van der Waals surface area contributed by atoms with Crippen molar-refractivity contribution in [2.45, 2.75) is 31.8 Å². The van der Waals surface area contributed by atoms with Gasteiger partial charge in [-0.1, -0.05) is 0 Å². The Morgan fingerprint density at radius 1 is 1.14 bits per heavy atom. The van der Waals surface area contributed by atoms with Crippen molar-refractivity contribution in [2.24, 2.45) is 11.8 Å². The van der Waals surface area contributed by atoms with Crippen LogP contribution < -0.4 is 10.2 Å². The molecule has 2 atom stereocenters. The molecule has 3 aliphatic rings. The van der Waals surface area contributed by atoms with Gasteiger partial charge in [0.1, 0.15) is 11.5 Å². The summed E-state index contributed by atoms with van der Waals surface area (Å²) in [4.78, 5) is 27.4. The summed E-state index contributed by atoms with van der Waals surface area (Å²) in [5, 5.41) is 8.11. The first-order valence-corrected chi connectivity index (χ1v) is 12.1. The van der Waals surface area contributed by atoms with Crippen LogP contribution in [0.25, 0.3) is 27.8 Å². The summed E-state index contributed by atoms with van der Waals surface area (Å²) in [6, 6.07) is 5.51.